The molecule has 16 heavy (non-hydrogen) atoms. The van der Waals surface area contributed by atoms with Crippen molar-refractivity contribution in [2.24, 2.45) is 0 Å². The lowest BCUT2D eigenvalue weighted by atomic mass is 10.4. The second-order valence-corrected chi connectivity index (χ2v) is 4.71. The average Bonchev–Trinajstić information content (AvgIpc) is 2.24. The summed E-state index contributed by atoms with van der Waals surface area (Å²) in [5.41, 5.74) is -0.0935. The van der Waals surface area contributed by atoms with Gasteiger partial charge >= 0.3 is 5.97 Å². The summed E-state index contributed by atoms with van der Waals surface area (Å²) in [5.74, 6) is -0.0772. The molecule has 1 aromatic rings. The van der Waals surface area contributed by atoms with Gasteiger partial charge < -0.3 is 10.4 Å². The van der Waals surface area contributed by atoms with Gasteiger partial charge in [-0.3, -0.25) is 9.19 Å². The molecule has 1 rings (SSSR count). The van der Waals surface area contributed by atoms with Crippen LogP contribution in [0.4, 0.5) is 5.82 Å². The van der Waals surface area contributed by atoms with Gasteiger partial charge in [0.2, 0.25) is 0 Å². The lowest BCUT2D eigenvalue weighted by molar-refractivity contribution is 0.0690. The molecule has 0 aliphatic heterocycles. The molecule has 0 saturated heterocycles. The topological polar surface area (TPSA) is 92.2 Å². The second kappa shape index (κ2) is 6.16. The molecular formula is C9H13N3O3S. The number of nitrogens with zero attached hydrogens (tertiary/aromatic N) is 2. The van der Waals surface area contributed by atoms with Crippen molar-refractivity contribution >= 4 is 22.6 Å². The minimum Gasteiger partial charge on any atom is -0.476 e. The Morgan fingerprint density at radius 2 is 2.31 bits per heavy atom. The van der Waals surface area contributed by atoms with Crippen LogP contribution in [0.1, 0.15) is 16.9 Å². The number of aromatic nitrogens is 2. The summed E-state index contributed by atoms with van der Waals surface area (Å²) in [4.78, 5) is 18.2. The van der Waals surface area contributed by atoms with Crippen molar-refractivity contribution < 1.29 is 14.1 Å². The quantitative estimate of drug-likeness (QED) is 0.701. The van der Waals surface area contributed by atoms with Crippen molar-refractivity contribution in [2.75, 3.05) is 23.9 Å². The molecule has 0 aliphatic rings. The Hall–Kier alpha value is -1.50. The molecule has 88 valence electrons. The zero-order valence-electron chi connectivity index (χ0n) is 8.84. The minimum absolute atomic E-state index is 0.0935. The molecular weight excluding hydrogens is 230 g/mol. The van der Waals surface area contributed by atoms with E-state index in [1.807, 2.05) is 0 Å². The number of hydrogen-bond acceptors (Lipinski definition) is 5. The predicted molar refractivity (Wildman–Crippen MR) is 61.0 cm³/mol. The molecule has 0 bridgehead atoms. The summed E-state index contributed by atoms with van der Waals surface area (Å²) in [5, 5.41) is 11.6. The lowest BCUT2D eigenvalue weighted by Crippen LogP contribution is -2.09. The maximum Gasteiger partial charge on any atom is 0.356 e. The van der Waals surface area contributed by atoms with E-state index in [0.29, 0.717) is 18.1 Å². The van der Waals surface area contributed by atoms with Crippen molar-refractivity contribution in [1.82, 2.24) is 9.97 Å². The molecule has 7 heteroatoms. The normalized spacial score (nSPS) is 12.1. The van der Waals surface area contributed by atoms with Crippen LogP contribution in [0.15, 0.2) is 12.4 Å². The molecule has 1 heterocycles. The molecule has 2 N–H and O–H groups in total. The fraction of sp³-hybridized carbons (Fsp3) is 0.444. The molecule has 0 saturated carbocycles. The van der Waals surface area contributed by atoms with Gasteiger partial charge in [0.05, 0.1) is 12.4 Å². The van der Waals surface area contributed by atoms with Crippen LogP contribution in [-0.4, -0.2) is 43.8 Å². The maximum absolute atomic E-state index is 10.8. The summed E-state index contributed by atoms with van der Waals surface area (Å²) >= 11 is 0. The van der Waals surface area contributed by atoms with Gasteiger partial charge in [-0.1, -0.05) is 0 Å². The number of hydrogen-bond donors (Lipinski definition) is 2. The van der Waals surface area contributed by atoms with Gasteiger partial charge in [-0.05, 0) is 6.42 Å². The van der Waals surface area contributed by atoms with E-state index in [4.69, 9.17) is 5.11 Å². The van der Waals surface area contributed by atoms with Crippen LogP contribution in [0.25, 0.3) is 0 Å². The van der Waals surface area contributed by atoms with E-state index in [-0.39, 0.29) is 5.69 Å². The Bertz CT molecular complexity index is 397. The Kier molecular flexibility index (Phi) is 4.84. The minimum atomic E-state index is -1.11. The summed E-state index contributed by atoms with van der Waals surface area (Å²) in [6.45, 7) is 0.595. The van der Waals surface area contributed by atoms with E-state index in [1.54, 1.807) is 6.26 Å². The van der Waals surface area contributed by atoms with Gasteiger partial charge in [0.25, 0.3) is 0 Å². The molecule has 1 unspecified atom stereocenters. The fourth-order valence-electron chi connectivity index (χ4n) is 1.05. The Morgan fingerprint density at radius 1 is 1.56 bits per heavy atom. The fourth-order valence-corrected chi connectivity index (χ4v) is 1.60. The third-order valence-corrected chi connectivity index (χ3v) is 2.63. The van der Waals surface area contributed by atoms with E-state index in [9.17, 15) is 9.00 Å². The van der Waals surface area contributed by atoms with E-state index >= 15 is 0 Å². The van der Waals surface area contributed by atoms with Crippen LogP contribution >= 0.6 is 0 Å². The molecule has 6 nitrogen and oxygen atoms in total. The van der Waals surface area contributed by atoms with Crippen molar-refractivity contribution in [1.29, 1.82) is 0 Å². The number of carbonyl (C=O) groups is 1. The summed E-state index contributed by atoms with van der Waals surface area (Å²) in [7, 11) is -0.805. The van der Waals surface area contributed by atoms with Gasteiger partial charge in [0, 0.05) is 29.4 Å². The summed E-state index contributed by atoms with van der Waals surface area (Å²) in [6.07, 6.45) is 5.02. The van der Waals surface area contributed by atoms with Gasteiger partial charge in [0.1, 0.15) is 5.82 Å². The SMILES string of the molecule is CS(=O)CCCNc1cncc(C(=O)O)n1. The van der Waals surface area contributed by atoms with Crippen LogP contribution in [0, 0.1) is 0 Å². The smallest absolute Gasteiger partial charge is 0.356 e. The lowest BCUT2D eigenvalue weighted by Gasteiger charge is -2.04. The largest absolute Gasteiger partial charge is 0.476 e. The molecule has 0 aliphatic carbocycles. The molecule has 1 atom stereocenters. The van der Waals surface area contributed by atoms with Crippen molar-refractivity contribution in [2.45, 2.75) is 6.42 Å². The number of rotatable bonds is 6. The number of carboxylic acid groups (broad SMARTS) is 1. The molecule has 1 aromatic heterocycles. The number of carboxylic acids is 1. The first kappa shape index (κ1) is 12.6. The van der Waals surface area contributed by atoms with Gasteiger partial charge in [-0.25, -0.2) is 9.78 Å². The zero-order chi connectivity index (χ0) is 12.0. The van der Waals surface area contributed by atoms with Crippen molar-refractivity contribution in [3.05, 3.63) is 18.1 Å². The highest BCUT2D eigenvalue weighted by Crippen LogP contribution is 2.02. The second-order valence-electron chi connectivity index (χ2n) is 3.15. The van der Waals surface area contributed by atoms with Crippen LogP contribution in [-0.2, 0) is 10.8 Å². The van der Waals surface area contributed by atoms with E-state index in [1.165, 1.54) is 12.4 Å². The summed E-state index contributed by atoms with van der Waals surface area (Å²) in [6, 6.07) is 0. The van der Waals surface area contributed by atoms with Crippen molar-refractivity contribution in [3.8, 4) is 0 Å². The maximum atomic E-state index is 10.8. The van der Waals surface area contributed by atoms with E-state index in [2.05, 4.69) is 15.3 Å². The van der Waals surface area contributed by atoms with Gasteiger partial charge in [0.15, 0.2) is 5.69 Å². The first-order valence-corrected chi connectivity index (χ1v) is 6.41. The van der Waals surface area contributed by atoms with Crippen LogP contribution < -0.4 is 5.32 Å². The zero-order valence-corrected chi connectivity index (χ0v) is 9.66. The molecule has 0 spiro atoms. The number of nitrogens with one attached hydrogen (secondary N) is 1. The predicted octanol–water partition coefficient (Wildman–Crippen LogP) is 0.355. The molecule has 0 fully saturated rings. The third kappa shape index (κ3) is 4.35. The third-order valence-electron chi connectivity index (χ3n) is 1.77. The highest BCUT2D eigenvalue weighted by Gasteiger charge is 2.05. The van der Waals surface area contributed by atoms with E-state index < -0.39 is 16.8 Å². The number of anilines is 1. The highest BCUT2D eigenvalue weighted by atomic mass is 32.2. The van der Waals surface area contributed by atoms with Crippen molar-refractivity contribution in [3.63, 3.8) is 0 Å². The average molecular weight is 243 g/mol. The van der Waals surface area contributed by atoms with Gasteiger partial charge in [-0.2, -0.15) is 0 Å². The highest BCUT2D eigenvalue weighted by molar-refractivity contribution is 7.84. The standard InChI is InChI=1S/C9H13N3O3S/c1-16(15)4-2-3-11-8-6-10-5-7(12-8)9(13)14/h5-6H,2-4H2,1H3,(H,11,12)(H,13,14). The Morgan fingerprint density at radius 3 is 2.94 bits per heavy atom. The van der Waals surface area contributed by atoms with Crippen LogP contribution in [0.3, 0.4) is 0 Å². The van der Waals surface area contributed by atoms with Gasteiger partial charge in [-0.15, -0.1) is 0 Å². The monoisotopic (exact) mass is 243 g/mol. The number of aromatic carboxylic acids is 1. The first-order chi connectivity index (χ1) is 7.59. The summed E-state index contributed by atoms with van der Waals surface area (Å²) < 4.78 is 10.8. The first-order valence-electron chi connectivity index (χ1n) is 4.69. The Labute approximate surface area is 95.6 Å². The van der Waals surface area contributed by atoms with E-state index in [0.717, 1.165) is 6.42 Å². The molecule has 0 aromatic carbocycles. The molecule has 0 amide bonds. The van der Waals surface area contributed by atoms with Crippen LogP contribution in [0.5, 0.6) is 0 Å². The van der Waals surface area contributed by atoms with Crippen LogP contribution in [0.2, 0.25) is 0 Å². The Balaban J connectivity index is 2.45. The molecule has 0 radical (unpaired) electrons.